The first-order chi connectivity index (χ1) is 11.9. The molecule has 2 aromatic rings. The van der Waals surface area contributed by atoms with Crippen LogP contribution in [0.4, 0.5) is 0 Å². The van der Waals surface area contributed by atoms with Crippen molar-refractivity contribution in [3.63, 3.8) is 0 Å². The molecule has 1 aliphatic heterocycles. The summed E-state index contributed by atoms with van der Waals surface area (Å²) in [6.07, 6.45) is 2.38. The molecule has 2 heteroatoms. The number of hydrogen-bond acceptors (Lipinski definition) is 1. The van der Waals surface area contributed by atoms with Gasteiger partial charge < -0.3 is 4.74 Å². The van der Waals surface area contributed by atoms with Crippen molar-refractivity contribution in [2.75, 3.05) is 0 Å². The maximum Gasteiger partial charge on any atom is 0.0844 e. The van der Waals surface area contributed by atoms with E-state index in [1.807, 2.05) is 0 Å². The van der Waals surface area contributed by atoms with Crippen LogP contribution in [0.25, 0.3) is 0 Å². The lowest BCUT2D eigenvalue weighted by Crippen LogP contribution is -2.23. The molecule has 0 bridgehead atoms. The van der Waals surface area contributed by atoms with Gasteiger partial charge in [0.05, 0.1) is 12.2 Å². The highest BCUT2D eigenvalue weighted by atomic mass is 79.9. The zero-order valence-corrected chi connectivity index (χ0v) is 17.3. The number of benzene rings is 2. The van der Waals surface area contributed by atoms with Gasteiger partial charge in [-0.2, -0.15) is 0 Å². The minimum Gasteiger partial charge on any atom is -0.366 e. The molecule has 3 atom stereocenters. The van der Waals surface area contributed by atoms with Crippen LogP contribution >= 0.6 is 15.9 Å². The SMILES string of the molecule is CC(C)c1ccc([C@@H]2CC(Br)C[C@H](c3ccc(C(C)C)cc3)O2)cc1. The van der Waals surface area contributed by atoms with E-state index >= 15 is 0 Å². The average Bonchev–Trinajstić information content (AvgIpc) is 2.61. The Balaban J connectivity index is 1.76. The maximum absolute atomic E-state index is 6.50. The second kappa shape index (κ2) is 8.05. The molecule has 134 valence electrons. The minimum atomic E-state index is 0.161. The Morgan fingerprint density at radius 1 is 0.720 bits per heavy atom. The second-order valence-electron chi connectivity index (χ2n) is 7.82. The van der Waals surface area contributed by atoms with Gasteiger partial charge in [-0.25, -0.2) is 0 Å². The van der Waals surface area contributed by atoms with E-state index < -0.39 is 0 Å². The number of hydrogen-bond donors (Lipinski definition) is 0. The number of alkyl halides is 1. The fraction of sp³-hybridized carbons (Fsp3) is 0.478. The average molecular weight is 401 g/mol. The van der Waals surface area contributed by atoms with E-state index in [9.17, 15) is 0 Å². The predicted molar refractivity (Wildman–Crippen MR) is 110 cm³/mol. The van der Waals surface area contributed by atoms with E-state index in [0.717, 1.165) is 12.8 Å². The van der Waals surface area contributed by atoms with Gasteiger partial charge in [0.25, 0.3) is 0 Å². The molecule has 1 nitrogen and oxygen atoms in total. The molecule has 0 radical (unpaired) electrons. The van der Waals surface area contributed by atoms with Gasteiger partial charge in [-0.1, -0.05) is 92.2 Å². The van der Waals surface area contributed by atoms with Crippen molar-refractivity contribution in [3.05, 3.63) is 70.8 Å². The number of halogens is 1. The van der Waals surface area contributed by atoms with E-state index in [1.165, 1.54) is 22.3 Å². The Hall–Kier alpha value is -1.12. The van der Waals surface area contributed by atoms with Crippen LogP contribution < -0.4 is 0 Å². The van der Waals surface area contributed by atoms with Crippen molar-refractivity contribution in [2.24, 2.45) is 0 Å². The van der Waals surface area contributed by atoms with Gasteiger partial charge in [0.15, 0.2) is 0 Å². The predicted octanol–water partition coefficient (Wildman–Crippen LogP) is 7.29. The van der Waals surface area contributed by atoms with Gasteiger partial charge in [-0.3, -0.25) is 0 Å². The third-order valence-electron chi connectivity index (χ3n) is 5.22. The van der Waals surface area contributed by atoms with Crippen LogP contribution in [-0.2, 0) is 4.74 Å². The first kappa shape index (κ1) is 18.7. The van der Waals surface area contributed by atoms with Crippen molar-refractivity contribution >= 4 is 15.9 Å². The summed E-state index contributed by atoms with van der Waals surface area (Å²) in [6.45, 7) is 8.93. The molecule has 0 spiro atoms. The lowest BCUT2D eigenvalue weighted by Gasteiger charge is -2.34. The second-order valence-corrected chi connectivity index (χ2v) is 9.12. The Morgan fingerprint density at radius 2 is 1.08 bits per heavy atom. The summed E-state index contributed by atoms with van der Waals surface area (Å²) in [5.41, 5.74) is 5.35. The summed E-state index contributed by atoms with van der Waals surface area (Å²) >= 11 is 3.86. The van der Waals surface area contributed by atoms with Crippen LogP contribution in [0.1, 0.15) is 86.8 Å². The third kappa shape index (κ3) is 4.54. The Labute approximate surface area is 160 Å². The molecule has 1 saturated heterocycles. The summed E-state index contributed by atoms with van der Waals surface area (Å²) in [5, 5.41) is 0. The van der Waals surface area contributed by atoms with Crippen LogP contribution in [0, 0.1) is 0 Å². The molecule has 1 aliphatic rings. The molecule has 3 rings (SSSR count). The highest BCUT2D eigenvalue weighted by Crippen LogP contribution is 2.41. The Morgan fingerprint density at radius 3 is 1.40 bits per heavy atom. The van der Waals surface area contributed by atoms with Crippen LogP contribution in [-0.4, -0.2) is 4.83 Å². The van der Waals surface area contributed by atoms with E-state index in [0.29, 0.717) is 16.7 Å². The summed E-state index contributed by atoms with van der Waals surface area (Å²) in [4.78, 5) is 0.491. The van der Waals surface area contributed by atoms with Gasteiger partial charge >= 0.3 is 0 Å². The standard InChI is InChI=1S/C23H29BrO/c1-15(2)17-5-9-19(10-6-17)22-13-21(24)14-23(25-22)20-11-7-18(8-12-20)16(3)4/h5-12,15-16,21-23H,13-14H2,1-4H3/t21?,22-,23+. The highest BCUT2D eigenvalue weighted by molar-refractivity contribution is 9.09. The van der Waals surface area contributed by atoms with Crippen molar-refractivity contribution in [2.45, 2.75) is 69.4 Å². The molecule has 0 amide bonds. The zero-order valence-electron chi connectivity index (χ0n) is 15.7. The zero-order chi connectivity index (χ0) is 18.0. The molecule has 0 aliphatic carbocycles. The smallest absolute Gasteiger partial charge is 0.0844 e. The van der Waals surface area contributed by atoms with E-state index in [2.05, 4.69) is 92.2 Å². The van der Waals surface area contributed by atoms with E-state index in [-0.39, 0.29) is 12.2 Å². The van der Waals surface area contributed by atoms with Crippen molar-refractivity contribution in [3.8, 4) is 0 Å². The van der Waals surface area contributed by atoms with Crippen LogP contribution in [0.3, 0.4) is 0 Å². The minimum absolute atomic E-state index is 0.161. The molecule has 0 N–H and O–H groups in total. The molecular formula is C23H29BrO. The topological polar surface area (TPSA) is 9.23 Å². The molecule has 2 aromatic carbocycles. The van der Waals surface area contributed by atoms with Crippen molar-refractivity contribution in [1.82, 2.24) is 0 Å². The number of rotatable bonds is 4. The largest absolute Gasteiger partial charge is 0.366 e. The molecule has 0 saturated carbocycles. The molecular weight excluding hydrogens is 372 g/mol. The van der Waals surface area contributed by atoms with Gasteiger partial charge in [0.1, 0.15) is 0 Å². The first-order valence-corrected chi connectivity index (χ1v) is 10.3. The Bertz CT molecular complexity index is 613. The summed E-state index contributed by atoms with van der Waals surface area (Å²) in [7, 11) is 0. The normalized spacial score (nSPS) is 24.0. The van der Waals surface area contributed by atoms with Gasteiger partial charge in [0, 0.05) is 4.83 Å². The Kier molecular flexibility index (Phi) is 6.01. The monoisotopic (exact) mass is 400 g/mol. The molecule has 25 heavy (non-hydrogen) atoms. The van der Waals surface area contributed by atoms with E-state index in [4.69, 9.17) is 4.74 Å². The van der Waals surface area contributed by atoms with Gasteiger partial charge in [-0.15, -0.1) is 0 Å². The van der Waals surface area contributed by atoms with E-state index in [1.54, 1.807) is 0 Å². The van der Waals surface area contributed by atoms with Crippen molar-refractivity contribution in [1.29, 1.82) is 0 Å². The lowest BCUT2D eigenvalue weighted by atomic mass is 9.92. The molecule has 1 fully saturated rings. The quantitative estimate of drug-likeness (QED) is 0.489. The van der Waals surface area contributed by atoms with Crippen LogP contribution in [0.15, 0.2) is 48.5 Å². The summed E-state index contributed by atoms with van der Waals surface area (Å²) in [6, 6.07) is 17.9. The maximum atomic E-state index is 6.50. The lowest BCUT2D eigenvalue weighted by molar-refractivity contribution is -0.0500. The molecule has 1 unspecified atom stereocenters. The highest BCUT2D eigenvalue weighted by Gasteiger charge is 2.30. The van der Waals surface area contributed by atoms with Crippen molar-refractivity contribution < 1.29 is 4.74 Å². The van der Waals surface area contributed by atoms with Gasteiger partial charge in [0.2, 0.25) is 0 Å². The summed E-state index contributed by atoms with van der Waals surface area (Å²) < 4.78 is 6.50. The van der Waals surface area contributed by atoms with Crippen LogP contribution in [0.5, 0.6) is 0 Å². The molecule has 1 heterocycles. The van der Waals surface area contributed by atoms with Crippen LogP contribution in [0.2, 0.25) is 0 Å². The summed E-state index contributed by atoms with van der Waals surface area (Å²) in [5.74, 6) is 1.13. The fourth-order valence-electron chi connectivity index (χ4n) is 3.49. The van der Waals surface area contributed by atoms with Gasteiger partial charge in [-0.05, 0) is 46.9 Å². The third-order valence-corrected chi connectivity index (χ3v) is 5.97. The molecule has 0 aromatic heterocycles. The number of ether oxygens (including phenoxy) is 1. The fourth-order valence-corrected chi connectivity index (χ4v) is 4.17. The first-order valence-electron chi connectivity index (χ1n) is 9.43.